The summed E-state index contributed by atoms with van der Waals surface area (Å²) >= 11 is 0. The van der Waals surface area contributed by atoms with Gasteiger partial charge in [0.15, 0.2) is 0 Å². The Labute approximate surface area is 95.8 Å². The van der Waals surface area contributed by atoms with Crippen LogP contribution in [0.4, 0.5) is 0 Å². The van der Waals surface area contributed by atoms with E-state index in [2.05, 4.69) is 0 Å². The summed E-state index contributed by atoms with van der Waals surface area (Å²) in [7, 11) is 0. The van der Waals surface area contributed by atoms with Crippen LogP contribution in [0.1, 0.15) is 27.2 Å². The van der Waals surface area contributed by atoms with E-state index in [4.69, 9.17) is 5.11 Å². The third-order valence-electron chi connectivity index (χ3n) is 0.865. The van der Waals surface area contributed by atoms with E-state index in [9.17, 15) is 0 Å². The molecule has 0 spiro atoms. The fraction of sp³-hybridized carbons (Fsp3) is 1.00. The third-order valence-corrected chi connectivity index (χ3v) is 0.865. The Morgan fingerprint density at radius 2 is 1.38 bits per heavy atom. The summed E-state index contributed by atoms with van der Waals surface area (Å²) in [6.45, 7) is 5.56. The molecule has 0 aliphatic carbocycles. The molecular formula is C5H14Na2O. The summed E-state index contributed by atoms with van der Waals surface area (Å²) < 4.78 is 0. The van der Waals surface area contributed by atoms with Crippen LogP contribution in [0.5, 0.6) is 0 Å². The van der Waals surface area contributed by atoms with Crippen molar-refractivity contribution in [2.24, 2.45) is 0 Å². The molecule has 0 amide bonds. The predicted octanol–water partition coefficient (Wildman–Crippen LogP) is -0.130. The quantitative estimate of drug-likeness (QED) is 0.498. The molecule has 3 heteroatoms. The molecule has 0 saturated carbocycles. The van der Waals surface area contributed by atoms with E-state index in [1.165, 1.54) is 0 Å². The second-order valence-electron chi connectivity index (χ2n) is 2.17. The molecule has 42 valence electrons. The maximum atomic E-state index is 8.83. The molecule has 1 nitrogen and oxygen atoms in total. The molecule has 0 aromatic rings. The second kappa shape index (κ2) is 7.07. The van der Waals surface area contributed by atoms with Gasteiger partial charge >= 0.3 is 59.1 Å². The van der Waals surface area contributed by atoms with Gasteiger partial charge in [-0.2, -0.15) is 0 Å². The van der Waals surface area contributed by atoms with Gasteiger partial charge in [0.2, 0.25) is 0 Å². The summed E-state index contributed by atoms with van der Waals surface area (Å²) in [6, 6.07) is 0. The first-order valence-corrected chi connectivity index (χ1v) is 2.28. The molecule has 0 aliphatic rings. The van der Waals surface area contributed by atoms with Crippen molar-refractivity contribution in [3.63, 3.8) is 0 Å². The summed E-state index contributed by atoms with van der Waals surface area (Å²) in [5.74, 6) is 0. The first-order valence-electron chi connectivity index (χ1n) is 2.28. The Kier molecular flexibility index (Phi) is 14.6. The van der Waals surface area contributed by atoms with Crippen molar-refractivity contribution in [1.29, 1.82) is 0 Å². The van der Waals surface area contributed by atoms with E-state index >= 15 is 0 Å². The Bertz CT molecular complexity index is 40.2. The zero-order valence-corrected chi connectivity index (χ0v) is 4.65. The molecule has 0 aliphatic heterocycles. The van der Waals surface area contributed by atoms with Gasteiger partial charge in [-0.25, -0.2) is 0 Å². The van der Waals surface area contributed by atoms with Gasteiger partial charge in [-0.3, -0.25) is 0 Å². The molecule has 0 radical (unpaired) electrons. The van der Waals surface area contributed by atoms with E-state index in [0.717, 1.165) is 6.42 Å². The predicted molar refractivity (Wildman–Crippen MR) is 40.9 cm³/mol. The van der Waals surface area contributed by atoms with Crippen molar-refractivity contribution in [3.8, 4) is 0 Å². The number of hydrogen-bond donors (Lipinski definition) is 1. The van der Waals surface area contributed by atoms with Crippen LogP contribution in [0.15, 0.2) is 0 Å². The molecule has 0 unspecified atom stereocenters. The molecular weight excluding hydrogens is 122 g/mol. The maximum absolute atomic E-state index is 8.83. The minimum absolute atomic E-state index is 0. The Morgan fingerprint density at radius 1 is 1.25 bits per heavy atom. The summed E-state index contributed by atoms with van der Waals surface area (Å²) in [4.78, 5) is 0. The first-order chi connectivity index (χ1) is 2.56. The molecule has 0 heterocycles. The summed E-state index contributed by atoms with van der Waals surface area (Å²) in [5.41, 5.74) is -0.458. The standard InChI is InChI=1S/C5H12O.2Na.2H/c1-4-5(2,3)6;;;;/h6H,4H2,1-3H3;;;;. The summed E-state index contributed by atoms with van der Waals surface area (Å²) in [5, 5.41) is 8.83. The van der Waals surface area contributed by atoms with E-state index in [1.807, 2.05) is 6.92 Å². The van der Waals surface area contributed by atoms with Gasteiger partial charge in [0.05, 0.1) is 5.60 Å². The molecule has 0 aromatic heterocycles. The Morgan fingerprint density at radius 3 is 1.38 bits per heavy atom. The van der Waals surface area contributed by atoms with Crippen molar-refractivity contribution >= 4 is 59.1 Å². The fourth-order valence-corrected chi connectivity index (χ4v) is 0. The zero-order valence-electron chi connectivity index (χ0n) is 4.65. The van der Waals surface area contributed by atoms with E-state index in [0.29, 0.717) is 0 Å². The molecule has 0 bridgehead atoms. The van der Waals surface area contributed by atoms with Crippen LogP contribution in [0.3, 0.4) is 0 Å². The van der Waals surface area contributed by atoms with Crippen molar-refractivity contribution in [2.45, 2.75) is 32.8 Å². The van der Waals surface area contributed by atoms with Crippen LogP contribution in [0.2, 0.25) is 0 Å². The van der Waals surface area contributed by atoms with Gasteiger partial charge in [-0.05, 0) is 20.3 Å². The van der Waals surface area contributed by atoms with Crippen LogP contribution in [-0.4, -0.2) is 69.8 Å². The van der Waals surface area contributed by atoms with Gasteiger partial charge < -0.3 is 5.11 Å². The van der Waals surface area contributed by atoms with Gasteiger partial charge in [0.25, 0.3) is 0 Å². The van der Waals surface area contributed by atoms with Crippen molar-refractivity contribution in [1.82, 2.24) is 0 Å². The topological polar surface area (TPSA) is 20.2 Å². The third kappa shape index (κ3) is 15.7. The van der Waals surface area contributed by atoms with Crippen LogP contribution in [-0.2, 0) is 0 Å². The van der Waals surface area contributed by atoms with Crippen molar-refractivity contribution < 1.29 is 5.11 Å². The average molecular weight is 136 g/mol. The van der Waals surface area contributed by atoms with E-state index in [-0.39, 0.29) is 59.1 Å². The van der Waals surface area contributed by atoms with Crippen LogP contribution < -0.4 is 0 Å². The molecule has 0 aromatic carbocycles. The van der Waals surface area contributed by atoms with E-state index < -0.39 is 5.60 Å². The zero-order chi connectivity index (χ0) is 5.21. The number of rotatable bonds is 1. The van der Waals surface area contributed by atoms with Crippen molar-refractivity contribution in [2.75, 3.05) is 0 Å². The number of hydrogen-bond acceptors (Lipinski definition) is 1. The Balaban J connectivity index is -0.000000125. The average Bonchev–Trinajstić information content (AvgIpc) is 1.35. The van der Waals surface area contributed by atoms with Crippen LogP contribution >= 0.6 is 0 Å². The second-order valence-corrected chi connectivity index (χ2v) is 2.17. The monoisotopic (exact) mass is 136 g/mol. The van der Waals surface area contributed by atoms with Crippen molar-refractivity contribution in [3.05, 3.63) is 0 Å². The SMILES string of the molecule is CCC(C)(C)O.[NaH].[NaH]. The van der Waals surface area contributed by atoms with E-state index in [1.54, 1.807) is 13.8 Å². The molecule has 0 saturated heterocycles. The van der Waals surface area contributed by atoms with Gasteiger partial charge in [-0.15, -0.1) is 0 Å². The van der Waals surface area contributed by atoms with Crippen LogP contribution in [0.25, 0.3) is 0 Å². The number of aliphatic hydroxyl groups is 1. The normalized spacial score (nSPS) is 9.00. The van der Waals surface area contributed by atoms with Gasteiger partial charge in [-0.1, -0.05) is 6.92 Å². The van der Waals surface area contributed by atoms with Crippen LogP contribution in [0, 0.1) is 0 Å². The molecule has 0 atom stereocenters. The van der Waals surface area contributed by atoms with Gasteiger partial charge in [0, 0.05) is 0 Å². The molecule has 8 heavy (non-hydrogen) atoms. The first kappa shape index (κ1) is 16.5. The fourth-order valence-electron chi connectivity index (χ4n) is 0. The molecule has 0 fully saturated rings. The molecule has 0 rings (SSSR count). The minimum atomic E-state index is -0.458. The van der Waals surface area contributed by atoms with Gasteiger partial charge in [0.1, 0.15) is 0 Å². The molecule has 1 N–H and O–H groups in total. The Hall–Kier alpha value is 1.96. The summed E-state index contributed by atoms with van der Waals surface area (Å²) in [6.07, 6.45) is 0.826.